The van der Waals surface area contributed by atoms with Crippen LogP contribution in [-0.2, 0) is 0 Å². The maximum absolute atomic E-state index is 9.34. The molecule has 0 aromatic heterocycles. The quantitative estimate of drug-likeness (QED) is 0.875. The van der Waals surface area contributed by atoms with Crippen LogP contribution in [0.25, 0.3) is 0 Å². The van der Waals surface area contributed by atoms with Crippen LogP contribution in [0.5, 0.6) is 0 Å². The topological polar surface area (TPSA) is 23.5 Å². The first-order chi connectivity index (χ1) is 9.21. The van der Waals surface area contributed by atoms with Crippen molar-refractivity contribution >= 4 is 0 Å². The third-order valence-corrected chi connectivity index (χ3v) is 4.91. The molecule has 2 nitrogen and oxygen atoms in total. The molecular weight excluding hydrogens is 234 g/mol. The maximum atomic E-state index is 9.34. The lowest BCUT2D eigenvalue weighted by molar-refractivity contribution is 0.0374. The summed E-state index contributed by atoms with van der Waals surface area (Å²) in [6, 6.07) is 11.2. The summed E-state index contributed by atoms with van der Waals surface area (Å²) in [6.45, 7) is 7.21. The number of hydrogen-bond acceptors (Lipinski definition) is 2. The van der Waals surface area contributed by atoms with E-state index in [1.807, 2.05) is 0 Å². The van der Waals surface area contributed by atoms with E-state index in [9.17, 15) is 5.11 Å². The standard InChI is InChI=1S/C17H27NO/c1-3-17(11-13-19)10-7-12-18(14-17)15(2)16-8-5-4-6-9-16/h4-6,8-9,15,19H,3,7,10-14H2,1-2H3/t15?,17-/m1/s1. The number of hydrogen-bond donors (Lipinski definition) is 1. The second kappa shape index (κ2) is 6.53. The molecule has 1 fully saturated rings. The maximum Gasteiger partial charge on any atom is 0.0436 e. The summed E-state index contributed by atoms with van der Waals surface area (Å²) in [4.78, 5) is 2.60. The Kier molecular flexibility index (Phi) is 5.00. The molecule has 0 aliphatic carbocycles. The third kappa shape index (κ3) is 3.37. The van der Waals surface area contributed by atoms with Gasteiger partial charge in [0.25, 0.3) is 0 Å². The Labute approximate surface area is 117 Å². The minimum absolute atomic E-state index is 0.321. The first-order valence-electron chi connectivity index (χ1n) is 7.60. The Balaban J connectivity index is 2.08. The Bertz CT molecular complexity index is 374. The molecule has 0 amide bonds. The summed E-state index contributed by atoms with van der Waals surface area (Å²) >= 11 is 0. The van der Waals surface area contributed by atoms with E-state index < -0.39 is 0 Å². The van der Waals surface area contributed by atoms with E-state index in [2.05, 4.69) is 49.1 Å². The fourth-order valence-corrected chi connectivity index (χ4v) is 3.43. The summed E-state index contributed by atoms with van der Waals surface area (Å²) in [5, 5.41) is 9.34. The highest BCUT2D eigenvalue weighted by molar-refractivity contribution is 5.18. The summed E-state index contributed by atoms with van der Waals surface area (Å²) < 4.78 is 0. The van der Waals surface area contributed by atoms with Crippen LogP contribution >= 0.6 is 0 Å². The second-order valence-electron chi connectivity index (χ2n) is 5.99. The molecule has 0 radical (unpaired) electrons. The van der Waals surface area contributed by atoms with Crippen molar-refractivity contribution in [1.29, 1.82) is 0 Å². The average molecular weight is 261 g/mol. The van der Waals surface area contributed by atoms with Gasteiger partial charge < -0.3 is 5.11 Å². The van der Waals surface area contributed by atoms with E-state index in [4.69, 9.17) is 0 Å². The van der Waals surface area contributed by atoms with Gasteiger partial charge >= 0.3 is 0 Å². The molecule has 1 aromatic carbocycles. The molecule has 1 saturated heterocycles. The minimum Gasteiger partial charge on any atom is -0.396 e. The first-order valence-corrected chi connectivity index (χ1v) is 7.60. The Morgan fingerprint density at radius 2 is 2.05 bits per heavy atom. The average Bonchev–Trinajstić information content (AvgIpc) is 2.48. The lowest BCUT2D eigenvalue weighted by atomic mass is 9.74. The third-order valence-electron chi connectivity index (χ3n) is 4.91. The van der Waals surface area contributed by atoms with Crippen molar-refractivity contribution in [2.45, 2.75) is 45.6 Å². The van der Waals surface area contributed by atoms with Crippen LogP contribution in [-0.4, -0.2) is 29.7 Å². The zero-order valence-corrected chi connectivity index (χ0v) is 12.3. The molecule has 0 bridgehead atoms. The number of aliphatic hydroxyl groups is 1. The van der Waals surface area contributed by atoms with E-state index in [1.165, 1.54) is 31.4 Å². The van der Waals surface area contributed by atoms with E-state index in [1.54, 1.807) is 0 Å². The Morgan fingerprint density at radius 1 is 1.32 bits per heavy atom. The van der Waals surface area contributed by atoms with Crippen LogP contribution in [0.3, 0.4) is 0 Å². The molecule has 1 aromatic rings. The highest BCUT2D eigenvalue weighted by Crippen LogP contribution is 2.39. The Hall–Kier alpha value is -0.860. The van der Waals surface area contributed by atoms with Crippen LogP contribution < -0.4 is 0 Å². The van der Waals surface area contributed by atoms with Gasteiger partial charge in [0.15, 0.2) is 0 Å². The number of piperidine rings is 1. The molecule has 106 valence electrons. The lowest BCUT2D eigenvalue weighted by Gasteiger charge is -2.45. The smallest absolute Gasteiger partial charge is 0.0436 e. The molecule has 19 heavy (non-hydrogen) atoms. The van der Waals surface area contributed by atoms with Gasteiger partial charge in [-0.2, -0.15) is 0 Å². The van der Waals surface area contributed by atoms with Gasteiger partial charge in [-0.15, -0.1) is 0 Å². The molecule has 1 aliphatic rings. The van der Waals surface area contributed by atoms with Gasteiger partial charge in [-0.1, -0.05) is 37.3 Å². The fraction of sp³-hybridized carbons (Fsp3) is 0.647. The largest absolute Gasteiger partial charge is 0.396 e. The molecule has 0 spiro atoms. The van der Waals surface area contributed by atoms with Crippen molar-refractivity contribution < 1.29 is 5.11 Å². The van der Waals surface area contributed by atoms with Crippen molar-refractivity contribution in [2.75, 3.05) is 19.7 Å². The van der Waals surface area contributed by atoms with Gasteiger partial charge in [-0.3, -0.25) is 4.90 Å². The number of likely N-dealkylation sites (tertiary alicyclic amines) is 1. The molecule has 2 atom stereocenters. The summed E-state index contributed by atoms with van der Waals surface area (Å²) in [6.07, 6.45) is 4.64. The number of aliphatic hydroxyl groups excluding tert-OH is 1. The van der Waals surface area contributed by atoms with Gasteiger partial charge in [0.2, 0.25) is 0 Å². The van der Waals surface area contributed by atoms with Crippen LogP contribution in [0.1, 0.15) is 51.1 Å². The fourth-order valence-electron chi connectivity index (χ4n) is 3.43. The van der Waals surface area contributed by atoms with Gasteiger partial charge in [-0.25, -0.2) is 0 Å². The van der Waals surface area contributed by atoms with Crippen LogP contribution in [0.2, 0.25) is 0 Å². The van der Waals surface area contributed by atoms with E-state index in [0.717, 1.165) is 13.0 Å². The van der Waals surface area contributed by atoms with E-state index >= 15 is 0 Å². The van der Waals surface area contributed by atoms with Crippen LogP contribution in [0, 0.1) is 5.41 Å². The molecule has 1 aliphatic heterocycles. The highest BCUT2D eigenvalue weighted by atomic mass is 16.3. The number of benzene rings is 1. The normalized spacial score (nSPS) is 26.3. The van der Waals surface area contributed by atoms with Crippen molar-refractivity contribution in [2.24, 2.45) is 5.41 Å². The molecule has 0 saturated carbocycles. The molecule has 2 rings (SSSR count). The summed E-state index contributed by atoms with van der Waals surface area (Å²) in [7, 11) is 0. The molecular formula is C17H27NO. The van der Waals surface area contributed by atoms with Gasteiger partial charge in [0.05, 0.1) is 0 Å². The molecule has 1 heterocycles. The van der Waals surface area contributed by atoms with Crippen molar-refractivity contribution in [3.63, 3.8) is 0 Å². The molecule has 2 heteroatoms. The second-order valence-corrected chi connectivity index (χ2v) is 5.99. The molecule has 1 N–H and O–H groups in total. The highest BCUT2D eigenvalue weighted by Gasteiger charge is 2.35. The zero-order valence-electron chi connectivity index (χ0n) is 12.3. The number of nitrogens with zero attached hydrogens (tertiary/aromatic N) is 1. The zero-order chi connectivity index (χ0) is 13.7. The lowest BCUT2D eigenvalue weighted by Crippen LogP contribution is -2.44. The van der Waals surface area contributed by atoms with E-state index in [0.29, 0.717) is 18.1 Å². The molecule has 1 unspecified atom stereocenters. The minimum atomic E-state index is 0.321. The van der Waals surface area contributed by atoms with Gasteiger partial charge in [-0.05, 0) is 50.1 Å². The Morgan fingerprint density at radius 3 is 2.68 bits per heavy atom. The summed E-state index contributed by atoms with van der Waals surface area (Å²) in [5.41, 5.74) is 1.73. The predicted molar refractivity (Wildman–Crippen MR) is 80.1 cm³/mol. The van der Waals surface area contributed by atoms with Crippen molar-refractivity contribution in [3.05, 3.63) is 35.9 Å². The first kappa shape index (κ1) is 14.5. The number of rotatable bonds is 5. The summed E-state index contributed by atoms with van der Waals surface area (Å²) in [5.74, 6) is 0. The van der Waals surface area contributed by atoms with Gasteiger partial charge in [0.1, 0.15) is 0 Å². The van der Waals surface area contributed by atoms with Gasteiger partial charge in [0, 0.05) is 19.2 Å². The van der Waals surface area contributed by atoms with Crippen molar-refractivity contribution in [1.82, 2.24) is 4.90 Å². The SMILES string of the molecule is CC[C@]1(CCO)CCCN(C(C)c2ccccc2)C1. The van der Waals surface area contributed by atoms with Crippen molar-refractivity contribution in [3.8, 4) is 0 Å². The predicted octanol–water partition coefficient (Wildman–Crippen LogP) is 3.62. The van der Waals surface area contributed by atoms with Crippen LogP contribution in [0.4, 0.5) is 0 Å². The van der Waals surface area contributed by atoms with E-state index in [-0.39, 0.29) is 0 Å². The van der Waals surface area contributed by atoms with Crippen LogP contribution in [0.15, 0.2) is 30.3 Å². The monoisotopic (exact) mass is 261 g/mol.